The Kier molecular flexibility index (Phi) is 13.3. The summed E-state index contributed by atoms with van der Waals surface area (Å²) < 4.78 is 37.4. The summed E-state index contributed by atoms with van der Waals surface area (Å²) in [7, 11) is 0. The number of hydrogen-bond acceptors (Lipinski definition) is 6. The molecule has 3 aromatic rings. The molecule has 41 heavy (non-hydrogen) atoms. The number of anilines is 1. The van der Waals surface area contributed by atoms with Crippen LogP contribution in [0.25, 0.3) is 0 Å². The Morgan fingerprint density at radius 3 is 2.07 bits per heavy atom. The molecule has 0 spiro atoms. The molecule has 4 N–H and O–H groups in total. The molecule has 14 heteroatoms. The third-order valence-electron chi connectivity index (χ3n) is 5.20. The number of carbonyl (C=O) groups excluding carboxylic acids is 1. The first-order valence-corrected chi connectivity index (χ1v) is 12.7. The monoisotopic (exact) mass is 615 g/mol. The van der Waals surface area contributed by atoms with Crippen LogP contribution in [0.5, 0.6) is 0 Å². The van der Waals surface area contributed by atoms with Gasteiger partial charge in [0, 0.05) is 25.8 Å². The number of hydrogen-bond donors (Lipinski definition) is 4. The fourth-order valence-electron chi connectivity index (χ4n) is 3.20. The first-order valence-electron chi connectivity index (χ1n) is 12.0. The van der Waals surface area contributed by atoms with E-state index in [0.29, 0.717) is 13.2 Å². The lowest BCUT2D eigenvalue weighted by Gasteiger charge is -2.16. The van der Waals surface area contributed by atoms with Crippen molar-refractivity contribution >= 4 is 46.9 Å². The van der Waals surface area contributed by atoms with Crippen molar-refractivity contribution in [1.29, 1.82) is 0 Å². The second-order valence-corrected chi connectivity index (χ2v) is 9.15. The molecule has 220 valence electrons. The van der Waals surface area contributed by atoms with E-state index in [1.54, 1.807) is 12.3 Å². The Bertz CT molecular complexity index is 1280. The van der Waals surface area contributed by atoms with Gasteiger partial charge >= 0.3 is 18.1 Å². The molecule has 9 nitrogen and oxygen atoms in total. The van der Waals surface area contributed by atoms with E-state index in [4.69, 9.17) is 37.8 Å². The van der Waals surface area contributed by atoms with Gasteiger partial charge in [0.25, 0.3) is 5.91 Å². The molecule has 3 rings (SSSR count). The lowest BCUT2D eigenvalue weighted by molar-refractivity contribution is -0.192. The lowest BCUT2D eigenvalue weighted by atomic mass is 10.0. The summed E-state index contributed by atoms with van der Waals surface area (Å²) in [5.74, 6) is -3.70. The standard InChI is InChI=1S/C25H25Cl2N3O4.C2HF3O2/c26-19-5-3-6-20(27)23(19)24(31)30-21(25(32)33)15-17-8-10-18(11-9-17)16-34-14-4-13-29-22-7-1-2-12-28-22;3-2(4,5)1(6)7/h1-3,5-12,21H,4,13-16H2,(H,28,29)(H,30,31)(H,32,33);(H,6,7)/t21-;/m0./s1. The Morgan fingerprint density at radius 1 is 0.927 bits per heavy atom. The molecule has 1 aromatic heterocycles. The van der Waals surface area contributed by atoms with Crippen LogP contribution in [0.4, 0.5) is 19.0 Å². The van der Waals surface area contributed by atoms with E-state index in [0.717, 1.165) is 29.9 Å². The van der Waals surface area contributed by atoms with Crippen LogP contribution < -0.4 is 10.6 Å². The zero-order chi connectivity index (χ0) is 30.4. The minimum Gasteiger partial charge on any atom is -0.480 e. The van der Waals surface area contributed by atoms with Crippen molar-refractivity contribution < 1.29 is 42.5 Å². The summed E-state index contributed by atoms with van der Waals surface area (Å²) in [5, 5.41) is 22.7. The number of pyridine rings is 1. The summed E-state index contributed by atoms with van der Waals surface area (Å²) in [4.78, 5) is 37.4. The smallest absolute Gasteiger partial charge is 0.480 e. The van der Waals surface area contributed by atoms with E-state index in [-0.39, 0.29) is 22.0 Å². The number of carboxylic acid groups (broad SMARTS) is 2. The summed E-state index contributed by atoms with van der Waals surface area (Å²) in [5.41, 5.74) is 1.79. The molecule has 1 heterocycles. The molecule has 0 saturated heterocycles. The first-order chi connectivity index (χ1) is 19.4. The van der Waals surface area contributed by atoms with E-state index in [1.807, 2.05) is 42.5 Å². The molecule has 0 radical (unpaired) electrons. The predicted octanol–water partition coefficient (Wildman–Crippen LogP) is 5.47. The number of rotatable bonds is 12. The fraction of sp³-hybridized carbons (Fsp3) is 0.259. The minimum absolute atomic E-state index is 0.0554. The highest BCUT2D eigenvalue weighted by atomic mass is 35.5. The van der Waals surface area contributed by atoms with Gasteiger partial charge < -0.3 is 25.6 Å². The topological polar surface area (TPSA) is 138 Å². The number of nitrogens with zero attached hydrogens (tertiary/aromatic N) is 1. The van der Waals surface area contributed by atoms with Crippen LogP contribution in [0.1, 0.15) is 27.9 Å². The maximum Gasteiger partial charge on any atom is 0.490 e. The maximum atomic E-state index is 12.6. The number of ether oxygens (including phenoxy) is 1. The number of halogens is 5. The SMILES string of the molecule is O=C(N[C@@H](Cc1ccc(COCCCNc2ccccn2)cc1)C(=O)O)c1c(Cl)cccc1Cl.O=C(O)C(F)(F)F. The predicted molar refractivity (Wildman–Crippen MR) is 146 cm³/mol. The lowest BCUT2D eigenvalue weighted by Crippen LogP contribution is -2.42. The third-order valence-corrected chi connectivity index (χ3v) is 5.83. The summed E-state index contributed by atoms with van der Waals surface area (Å²) in [6, 6.07) is 16.7. The third kappa shape index (κ3) is 12.0. The highest BCUT2D eigenvalue weighted by Gasteiger charge is 2.38. The highest BCUT2D eigenvalue weighted by Crippen LogP contribution is 2.24. The molecule has 2 aromatic carbocycles. The molecule has 0 fully saturated rings. The Hall–Kier alpha value is -3.87. The van der Waals surface area contributed by atoms with Crippen LogP contribution in [0, 0.1) is 0 Å². The summed E-state index contributed by atoms with van der Waals surface area (Å²) >= 11 is 12.1. The molecule has 1 amide bonds. The first kappa shape index (κ1) is 33.3. The van der Waals surface area contributed by atoms with E-state index in [1.165, 1.54) is 12.1 Å². The van der Waals surface area contributed by atoms with Gasteiger partial charge in [-0.15, -0.1) is 0 Å². The van der Waals surface area contributed by atoms with Crippen LogP contribution in [0.3, 0.4) is 0 Å². The van der Waals surface area contributed by atoms with Crippen LogP contribution in [0.2, 0.25) is 10.0 Å². The average molecular weight is 616 g/mol. The van der Waals surface area contributed by atoms with Gasteiger partial charge in [0.2, 0.25) is 0 Å². The van der Waals surface area contributed by atoms with Gasteiger partial charge in [-0.3, -0.25) is 4.79 Å². The summed E-state index contributed by atoms with van der Waals surface area (Å²) in [6.45, 7) is 1.81. The molecular formula is C27H26Cl2F3N3O6. The highest BCUT2D eigenvalue weighted by molar-refractivity contribution is 6.39. The van der Waals surface area contributed by atoms with Crippen molar-refractivity contribution in [3.63, 3.8) is 0 Å². The second kappa shape index (κ2) is 16.4. The Balaban J connectivity index is 0.000000745. The van der Waals surface area contributed by atoms with Crippen molar-refractivity contribution in [2.45, 2.75) is 31.7 Å². The molecule has 0 unspecified atom stereocenters. The maximum absolute atomic E-state index is 12.6. The largest absolute Gasteiger partial charge is 0.490 e. The quantitative estimate of drug-likeness (QED) is 0.197. The van der Waals surface area contributed by atoms with Crippen LogP contribution in [-0.2, 0) is 27.4 Å². The number of carbonyl (C=O) groups is 3. The zero-order valence-corrected chi connectivity index (χ0v) is 22.8. The van der Waals surface area contributed by atoms with Gasteiger partial charge in [0.05, 0.1) is 22.2 Å². The molecule has 0 bridgehead atoms. The normalized spacial score (nSPS) is 11.5. The van der Waals surface area contributed by atoms with Crippen LogP contribution in [0.15, 0.2) is 66.9 Å². The van der Waals surface area contributed by atoms with Crippen molar-refractivity contribution in [3.05, 3.63) is 93.6 Å². The number of aliphatic carboxylic acids is 2. The molecule has 0 aliphatic rings. The van der Waals surface area contributed by atoms with Crippen molar-refractivity contribution in [1.82, 2.24) is 10.3 Å². The number of amides is 1. The van der Waals surface area contributed by atoms with Gasteiger partial charge in [-0.1, -0.05) is 59.6 Å². The number of benzene rings is 2. The number of carboxylic acids is 2. The van der Waals surface area contributed by atoms with Gasteiger partial charge in [-0.05, 0) is 41.8 Å². The average Bonchev–Trinajstić information content (AvgIpc) is 2.91. The van der Waals surface area contributed by atoms with Gasteiger partial charge in [-0.2, -0.15) is 13.2 Å². The van der Waals surface area contributed by atoms with Crippen molar-refractivity contribution in [3.8, 4) is 0 Å². The van der Waals surface area contributed by atoms with Gasteiger partial charge in [0.15, 0.2) is 0 Å². The van der Waals surface area contributed by atoms with Crippen molar-refractivity contribution in [2.75, 3.05) is 18.5 Å². The fourth-order valence-corrected chi connectivity index (χ4v) is 3.77. The van der Waals surface area contributed by atoms with Gasteiger partial charge in [-0.25, -0.2) is 14.6 Å². The molecule has 0 saturated carbocycles. The Morgan fingerprint density at radius 2 is 1.54 bits per heavy atom. The molecule has 1 atom stereocenters. The minimum atomic E-state index is -5.08. The van der Waals surface area contributed by atoms with Crippen LogP contribution >= 0.6 is 23.2 Å². The number of aromatic nitrogens is 1. The molecule has 0 aliphatic heterocycles. The zero-order valence-electron chi connectivity index (χ0n) is 21.3. The van der Waals surface area contributed by atoms with Crippen molar-refractivity contribution in [2.24, 2.45) is 0 Å². The van der Waals surface area contributed by atoms with E-state index < -0.39 is 30.1 Å². The summed E-state index contributed by atoms with van der Waals surface area (Å²) in [6.07, 6.45) is -2.39. The second-order valence-electron chi connectivity index (χ2n) is 8.33. The van der Waals surface area contributed by atoms with E-state index in [2.05, 4.69) is 15.6 Å². The molecule has 0 aliphatic carbocycles. The number of nitrogens with one attached hydrogen (secondary N) is 2. The van der Waals surface area contributed by atoms with E-state index >= 15 is 0 Å². The Labute approximate surface area is 243 Å². The number of alkyl halides is 3. The van der Waals surface area contributed by atoms with E-state index in [9.17, 15) is 27.9 Å². The van der Waals surface area contributed by atoms with Gasteiger partial charge in [0.1, 0.15) is 11.9 Å². The molecular weight excluding hydrogens is 590 g/mol. The van der Waals surface area contributed by atoms with Crippen LogP contribution in [-0.4, -0.2) is 58.4 Å².